The summed E-state index contributed by atoms with van der Waals surface area (Å²) < 4.78 is 25.0. The Bertz CT molecular complexity index is 452. The second-order valence-corrected chi connectivity index (χ2v) is 6.64. The van der Waals surface area contributed by atoms with Crippen LogP contribution in [0.5, 0.6) is 0 Å². The van der Waals surface area contributed by atoms with Crippen molar-refractivity contribution in [2.45, 2.75) is 16.6 Å². The number of sulfone groups is 1. The molecule has 5 heteroatoms. The van der Waals surface area contributed by atoms with Crippen molar-refractivity contribution in [1.82, 2.24) is 5.32 Å². The molecule has 1 heterocycles. The molecule has 1 aromatic rings. The lowest BCUT2D eigenvalue weighted by Gasteiger charge is -2.11. The molecule has 0 aliphatic carbocycles. The molecule has 0 radical (unpaired) electrons. The zero-order valence-electron chi connectivity index (χ0n) is 8.11. The maximum atomic E-state index is 12.2. The third kappa shape index (κ3) is 2.09. The molecular formula is C10H12BrNO2S. The molecule has 15 heavy (non-hydrogen) atoms. The average molecular weight is 290 g/mol. The number of rotatable bonds is 2. The lowest BCUT2D eigenvalue weighted by molar-refractivity contribution is 0.582. The van der Waals surface area contributed by atoms with Crippen molar-refractivity contribution < 1.29 is 8.42 Å². The Morgan fingerprint density at radius 2 is 2.07 bits per heavy atom. The third-order valence-electron chi connectivity index (χ3n) is 2.60. The van der Waals surface area contributed by atoms with E-state index in [1.807, 2.05) is 6.07 Å². The summed E-state index contributed by atoms with van der Waals surface area (Å²) in [6, 6.07) is 6.98. The second-order valence-electron chi connectivity index (χ2n) is 3.59. The van der Waals surface area contributed by atoms with Crippen LogP contribution < -0.4 is 5.32 Å². The topological polar surface area (TPSA) is 46.2 Å². The fourth-order valence-corrected chi connectivity index (χ4v) is 4.44. The maximum Gasteiger partial charge on any atom is 0.183 e. The minimum absolute atomic E-state index is 0.281. The first-order chi connectivity index (χ1) is 7.12. The fourth-order valence-electron chi connectivity index (χ4n) is 1.75. The molecule has 0 saturated carbocycles. The van der Waals surface area contributed by atoms with Gasteiger partial charge in [-0.2, -0.15) is 0 Å². The molecule has 0 aromatic heterocycles. The summed E-state index contributed by atoms with van der Waals surface area (Å²) in [4.78, 5) is 0.402. The Labute approximate surface area is 97.9 Å². The van der Waals surface area contributed by atoms with Crippen molar-refractivity contribution >= 4 is 25.8 Å². The van der Waals surface area contributed by atoms with E-state index in [0.29, 0.717) is 22.3 Å². The molecular weight excluding hydrogens is 278 g/mol. The van der Waals surface area contributed by atoms with Crippen LogP contribution >= 0.6 is 15.9 Å². The van der Waals surface area contributed by atoms with Gasteiger partial charge in [0.15, 0.2) is 9.84 Å². The Hall–Kier alpha value is -0.390. The Morgan fingerprint density at radius 3 is 2.67 bits per heavy atom. The van der Waals surface area contributed by atoms with Crippen LogP contribution in [0.25, 0.3) is 0 Å². The largest absolute Gasteiger partial charge is 0.315 e. The summed E-state index contributed by atoms with van der Waals surface area (Å²) in [5.41, 5.74) is 0. The normalized spacial score (nSPS) is 21.8. The summed E-state index contributed by atoms with van der Waals surface area (Å²) in [5, 5.41) is 2.79. The van der Waals surface area contributed by atoms with E-state index in [2.05, 4.69) is 21.2 Å². The molecule has 1 aliphatic heterocycles. The van der Waals surface area contributed by atoms with Crippen LogP contribution in [-0.4, -0.2) is 26.8 Å². The van der Waals surface area contributed by atoms with Gasteiger partial charge < -0.3 is 5.32 Å². The van der Waals surface area contributed by atoms with E-state index in [0.717, 1.165) is 6.54 Å². The molecule has 0 amide bonds. The average Bonchev–Trinajstić information content (AvgIpc) is 2.71. The van der Waals surface area contributed by atoms with Crippen LogP contribution in [-0.2, 0) is 9.84 Å². The molecule has 0 bridgehead atoms. The molecule has 1 aliphatic rings. The van der Waals surface area contributed by atoms with Crippen molar-refractivity contribution in [1.29, 1.82) is 0 Å². The predicted octanol–water partition coefficient (Wildman–Crippen LogP) is 1.58. The second kappa shape index (κ2) is 4.23. The zero-order chi connectivity index (χ0) is 10.9. The highest BCUT2D eigenvalue weighted by molar-refractivity contribution is 9.10. The lowest BCUT2D eigenvalue weighted by atomic mass is 10.4. The molecule has 1 atom stereocenters. The van der Waals surface area contributed by atoms with Gasteiger partial charge in [0.05, 0.1) is 10.1 Å². The first-order valence-corrected chi connectivity index (χ1v) is 7.15. The number of halogens is 1. The van der Waals surface area contributed by atoms with Crippen LogP contribution in [0, 0.1) is 0 Å². The molecule has 0 spiro atoms. The minimum atomic E-state index is -3.18. The van der Waals surface area contributed by atoms with Crippen molar-refractivity contribution in [3.05, 3.63) is 28.7 Å². The van der Waals surface area contributed by atoms with Gasteiger partial charge in [-0.25, -0.2) is 8.42 Å². The van der Waals surface area contributed by atoms with Crippen LogP contribution in [0.4, 0.5) is 0 Å². The van der Waals surface area contributed by atoms with Crippen LogP contribution in [0.1, 0.15) is 6.42 Å². The van der Waals surface area contributed by atoms with Crippen molar-refractivity contribution in [3.8, 4) is 0 Å². The highest BCUT2D eigenvalue weighted by atomic mass is 79.9. The standard InChI is InChI=1S/C10H12BrNO2S/c11-9-3-1-2-4-10(9)15(13,14)8-5-6-12-7-8/h1-4,8,12H,5-7H2/t8-/m1/s1. The molecule has 1 saturated heterocycles. The number of hydrogen-bond donors (Lipinski definition) is 1. The van der Waals surface area contributed by atoms with E-state index >= 15 is 0 Å². The highest BCUT2D eigenvalue weighted by Crippen LogP contribution is 2.26. The predicted molar refractivity (Wildman–Crippen MR) is 62.6 cm³/mol. The van der Waals surface area contributed by atoms with Crippen molar-refractivity contribution in [3.63, 3.8) is 0 Å². The smallest absolute Gasteiger partial charge is 0.183 e. The third-order valence-corrected chi connectivity index (χ3v) is 5.80. The van der Waals surface area contributed by atoms with Gasteiger partial charge in [-0.3, -0.25) is 0 Å². The Kier molecular flexibility index (Phi) is 3.13. The van der Waals surface area contributed by atoms with Gasteiger partial charge in [0.2, 0.25) is 0 Å². The van der Waals surface area contributed by atoms with Crippen molar-refractivity contribution in [2.24, 2.45) is 0 Å². The SMILES string of the molecule is O=S(=O)(c1ccccc1Br)[C@@H]1CCNC1. The van der Waals surface area contributed by atoms with E-state index < -0.39 is 9.84 Å². The summed E-state index contributed by atoms with van der Waals surface area (Å²) in [6.45, 7) is 1.35. The maximum absolute atomic E-state index is 12.2. The van der Waals surface area contributed by atoms with E-state index in [1.54, 1.807) is 18.2 Å². The molecule has 0 unspecified atom stereocenters. The van der Waals surface area contributed by atoms with Gasteiger partial charge in [-0.15, -0.1) is 0 Å². The summed E-state index contributed by atoms with van der Waals surface area (Å²) >= 11 is 3.28. The molecule has 3 nitrogen and oxygen atoms in total. The number of hydrogen-bond acceptors (Lipinski definition) is 3. The molecule has 1 fully saturated rings. The van der Waals surface area contributed by atoms with Gasteiger partial charge in [0, 0.05) is 11.0 Å². The summed E-state index contributed by atoms with van der Waals surface area (Å²) in [5.74, 6) is 0. The van der Waals surface area contributed by atoms with E-state index in [4.69, 9.17) is 0 Å². The quantitative estimate of drug-likeness (QED) is 0.899. The Morgan fingerprint density at radius 1 is 1.33 bits per heavy atom. The van der Waals surface area contributed by atoms with E-state index in [9.17, 15) is 8.42 Å². The number of nitrogens with one attached hydrogen (secondary N) is 1. The van der Waals surface area contributed by atoms with Gasteiger partial charge >= 0.3 is 0 Å². The fraction of sp³-hybridized carbons (Fsp3) is 0.400. The minimum Gasteiger partial charge on any atom is -0.315 e. The van der Waals surface area contributed by atoms with Gasteiger partial charge in [-0.05, 0) is 41.0 Å². The molecule has 82 valence electrons. The summed E-state index contributed by atoms with van der Waals surface area (Å²) in [6.07, 6.45) is 0.698. The van der Waals surface area contributed by atoms with Crippen molar-refractivity contribution in [2.75, 3.05) is 13.1 Å². The van der Waals surface area contributed by atoms with Crippen LogP contribution in [0.15, 0.2) is 33.6 Å². The first kappa shape index (κ1) is 11.1. The highest BCUT2D eigenvalue weighted by Gasteiger charge is 2.31. The van der Waals surface area contributed by atoms with E-state index in [1.165, 1.54) is 0 Å². The Balaban J connectivity index is 2.41. The zero-order valence-corrected chi connectivity index (χ0v) is 10.5. The monoisotopic (exact) mass is 289 g/mol. The van der Waals surface area contributed by atoms with E-state index in [-0.39, 0.29) is 5.25 Å². The van der Waals surface area contributed by atoms with Gasteiger partial charge in [0.1, 0.15) is 0 Å². The van der Waals surface area contributed by atoms with Crippen LogP contribution in [0.2, 0.25) is 0 Å². The molecule has 1 aromatic carbocycles. The molecule has 1 N–H and O–H groups in total. The van der Waals surface area contributed by atoms with Crippen LogP contribution in [0.3, 0.4) is 0 Å². The molecule has 2 rings (SSSR count). The van der Waals surface area contributed by atoms with Gasteiger partial charge in [-0.1, -0.05) is 12.1 Å². The van der Waals surface area contributed by atoms with Gasteiger partial charge in [0.25, 0.3) is 0 Å². The lowest BCUT2D eigenvalue weighted by Crippen LogP contribution is -2.24. The number of benzene rings is 1. The first-order valence-electron chi connectivity index (χ1n) is 4.81. The summed E-state index contributed by atoms with van der Waals surface area (Å²) in [7, 11) is -3.18.